The second-order valence-electron chi connectivity index (χ2n) is 6.98. The van der Waals surface area contributed by atoms with Crippen molar-refractivity contribution in [1.82, 2.24) is 10.2 Å². The van der Waals surface area contributed by atoms with E-state index in [-0.39, 0.29) is 11.6 Å². The van der Waals surface area contributed by atoms with Crippen molar-refractivity contribution >= 4 is 29.2 Å². The van der Waals surface area contributed by atoms with Crippen LogP contribution in [0.1, 0.15) is 28.8 Å². The first-order valence-electron chi connectivity index (χ1n) is 9.54. The average molecular weight is 416 g/mol. The van der Waals surface area contributed by atoms with Gasteiger partial charge in [-0.1, -0.05) is 12.1 Å². The lowest BCUT2D eigenvalue weighted by atomic mass is 10.1. The zero-order valence-electron chi connectivity index (χ0n) is 16.4. The molecule has 0 radical (unpaired) electrons. The zero-order valence-corrected chi connectivity index (χ0v) is 16.4. The molecule has 1 aliphatic rings. The van der Waals surface area contributed by atoms with Crippen LogP contribution in [-0.2, 0) is 4.79 Å². The largest absolute Gasteiger partial charge is 0.339 e. The maximum Gasteiger partial charge on any atom is 0.319 e. The fourth-order valence-corrected chi connectivity index (χ4v) is 3.20. The van der Waals surface area contributed by atoms with Crippen LogP contribution < -0.4 is 16.0 Å². The van der Waals surface area contributed by atoms with Gasteiger partial charge in [0.05, 0.1) is 17.8 Å². The zero-order chi connectivity index (χ0) is 21.7. The van der Waals surface area contributed by atoms with Gasteiger partial charge < -0.3 is 20.9 Å². The summed E-state index contributed by atoms with van der Waals surface area (Å²) in [4.78, 5) is 38.7. The summed E-state index contributed by atoms with van der Waals surface area (Å²) in [6, 6.07) is 7.45. The van der Waals surface area contributed by atoms with E-state index in [1.807, 2.05) is 0 Å². The summed E-state index contributed by atoms with van der Waals surface area (Å²) in [5, 5.41) is 7.38. The molecule has 3 N–H and O–H groups in total. The molecule has 0 aliphatic carbocycles. The van der Waals surface area contributed by atoms with Gasteiger partial charge in [-0.25, -0.2) is 13.6 Å². The highest BCUT2D eigenvalue weighted by atomic mass is 19.2. The van der Waals surface area contributed by atoms with Crippen LogP contribution in [0, 0.1) is 18.6 Å². The van der Waals surface area contributed by atoms with Gasteiger partial charge in [-0.3, -0.25) is 9.59 Å². The van der Waals surface area contributed by atoms with Gasteiger partial charge in [0.15, 0.2) is 11.6 Å². The number of hydrogen-bond acceptors (Lipinski definition) is 3. The van der Waals surface area contributed by atoms with Gasteiger partial charge in [0, 0.05) is 24.8 Å². The van der Waals surface area contributed by atoms with Gasteiger partial charge >= 0.3 is 6.03 Å². The summed E-state index contributed by atoms with van der Waals surface area (Å²) in [6.07, 6.45) is 1.90. The lowest BCUT2D eigenvalue weighted by Crippen LogP contribution is -2.36. The maximum absolute atomic E-state index is 13.2. The van der Waals surface area contributed by atoms with Crippen LogP contribution in [0.2, 0.25) is 0 Å². The van der Waals surface area contributed by atoms with Gasteiger partial charge in [-0.15, -0.1) is 0 Å². The van der Waals surface area contributed by atoms with Gasteiger partial charge in [0.2, 0.25) is 5.91 Å². The van der Waals surface area contributed by atoms with E-state index in [1.54, 1.807) is 30.0 Å². The molecule has 0 atom stereocenters. The Kier molecular flexibility index (Phi) is 6.61. The van der Waals surface area contributed by atoms with E-state index in [0.717, 1.165) is 25.0 Å². The van der Waals surface area contributed by atoms with Crippen molar-refractivity contribution in [2.75, 3.05) is 30.3 Å². The topological polar surface area (TPSA) is 90.5 Å². The molecule has 0 unspecified atom stereocenters. The number of nitrogens with zero attached hydrogens (tertiary/aromatic N) is 1. The molecule has 1 saturated heterocycles. The van der Waals surface area contributed by atoms with Gasteiger partial charge in [0.25, 0.3) is 5.91 Å². The summed E-state index contributed by atoms with van der Waals surface area (Å²) in [7, 11) is 0. The molecule has 1 aliphatic heterocycles. The van der Waals surface area contributed by atoms with Crippen LogP contribution >= 0.6 is 0 Å². The summed E-state index contributed by atoms with van der Waals surface area (Å²) in [5.41, 5.74) is 1.55. The lowest BCUT2D eigenvalue weighted by molar-refractivity contribution is -0.115. The molecule has 2 aromatic carbocycles. The molecule has 4 amide bonds. The van der Waals surface area contributed by atoms with E-state index in [9.17, 15) is 23.2 Å². The minimum Gasteiger partial charge on any atom is -0.339 e. The fourth-order valence-electron chi connectivity index (χ4n) is 3.20. The number of para-hydroxylation sites is 1. The van der Waals surface area contributed by atoms with Gasteiger partial charge in [0.1, 0.15) is 0 Å². The normalized spacial score (nSPS) is 13.1. The number of benzene rings is 2. The van der Waals surface area contributed by atoms with Crippen LogP contribution in [0.3, 0.4) is 0 Å². The van der Waals surface area contributed by atoms with Crippen LogP contribution in [-0.4, -0.2) is 42.4 Å². The molecule has 0 aromatic heterocycles. The van der Waals surface area contributed by atoms with Crippen LogP contribution in [0.25, 0.3) is 0 Å². The Morgan fingerprint density at radius 1 is 1.00 bits per heavy atom. The van der Waals surface area contributed by atoms with Crippen LogP contribution in [0.15, 0.2) is 36.4 Å². The monoisotopic (exact) mass is 416 g/mol. The Balaban J connectivity index is 1.60. The molecule has 3 rings (SSSR count). The van der Waals surface area contributed by atoms with E-state index < -0.39 is 30.1 Å². The number of amides is 4. The third-order valence-corrected chi connectivity index (χ3v) is 4.75. The first-order valence-corrected chi connectivity index (χ1v) is 9.54. The highest BCUT2D eigenvalue weighted by Gasteiger charge is 2.23. The summed E-state index contributed by atoms with van der Waals surface area (Å²) < 4.78 is 26.1. The molecular weight excluding hydrogens is 394 g/mol. The van der Waals surface area contributed by atoms with Crippen molar-refractivity contribution in [3.8, 4) is 0 Å². The Labute approximate surface area is 172 Å². The van der Waals surface area contributed by atoms with Crippen molar-refractivity contribution < 1.29 is 23.2 Å². The molecule has 30 heavy (non-hydrogen) atoms. The number of likely N-dealkylation sites (tertiary alicyclic amines) is 1. The molecule has 1 heterocycles. The number of nitrogens with one attached hydrogen (secondary N) is 3. The molecule has 2 aromatic rings. The Morgan fingerprint density at radius 3 is 2.43 bits per heavy atom. The number of hydrogen-bond donors (Lipinski definition) is 3. The molecule has 9 heteroatoms. The highest BCUT2D eigenvalue weighted by Crippen LogP contribution is 2.24. The van der Waals surface area contributed by atoms with Gasteiger partial charge in [-0.05, 0) is 43.5 Å². The lowest BCUT2D eigenvalue weighted by Gasteiger charge is -2.19. The second-order valence-corrected chi connectivity index (χ2v) is 6.98. The van der Waals surface area contributed by atoms with Crippen LogP contribution in [0.5, 0.6) is 0 Å². The molecule has 0 spiro atoms. The Hall–Kier alpha value is -3.49. The smallest absolute Gasteiger partial charge is 0.319 e. The van der Waals surface area contributed by atoms with E-state index in [2.05, 4.69) is 16.0 Å². The molecule has 7 nitrogen and oxygen atoms in total. The minimum atomic E-state index is -1.09. The fraction of sp³-hybridized carbons (Fsp3) is 0.286. The number of carbonyl (C=O) groups excluding carboxylic acids is 3. The Bertz CT molecular complexity index is 975. The first kappa shape index (κ1) is 21.2. The average Bonchev–Trinajstić information content (AvgIpc) is 3.25. The SMILES string of the molecule is Cc1cccc(C(=O)N2CCCC2)c1NC(=O)NCC(=O)Nc1ccc(F)c(F)c1. The van der Waals surface area contributed by atoms with Gasteiger partial charge in [-0.2, -0.15) is 0 Å². The molecule has 158 valence electrons. The van der Waals surface area contributed by atoms with E-state index in [0.29, 0.717) is 29.9 Å². The number of aryl methyl sites for hydroxylation is 1. The minimum absolute atomic E-state index is 0.0681. The van der Waals surface area contributed by atoms with Crippen molar-refractivity contribution in [2.45, 2.75) is 19.8 Å². The predicted octanol–water partition coefficient (Wildman–Crippen LogP) is 3.27. The molecule has 1 fully saturated rings. The summed E-state index contributed by atoms with van der Waals surface area (Å²) in [6.45, 7) is 2.74. The standard InChI is InChI=1S/C21H22F2N4O3/c1-13-5-4-6-15(20(29)27-9-2-3-10-27)19(13)26-21(30)24-12-18(28)25-14-7-8-16(22)17(23)11-14/h4-8,11H,2-3,9-10,12H2,1H3,(H,25,28)(H2,24,26,30). The van der Waals surface area contributed by atoms with E-state index in [1.165, 1.54) is 6.07 Å². The predicted molar refractivity (Wildman–Crippen MR) is 108 cm³/mol. The van der Waals surface area contributed by atoms with E-state index in [4.69, 9.17) is 0 Å². The number of urea groups is 1. The number of halogens is 2. The number of carbonyl (C=O) groups is 3. The first-order chi connectivity index (χ1) is 14.3. The third-order valence-electron chi connectivity index (χ3n) is 4.75. The third kappa shape index (κ3) is 5.11. The van der Waals surface area contributed by atoms with Crippen molar-refractivity contribution in [3.05, 3.63) is 59.2 Å². The quantitative estimate of drug-likeness (QED) is 0.699. The molecule has 0 saturated carbocycles. The van der Waals surface area contributed by atoms with Crippen molar-refractivity contribution in [1.29, 1.82) is 0 Å². The maximum atomic E-state index is 13.2. The van der Waals surface area contributed by atoms with Crippen molar-refractivity contribution in [3.63, 3.8) is 0 Å². The number of anilines is 2. The highest BCUT2D eigenvalue weighted by molar-refractivity contribution is 6.05. The number of rotatable bonds is 5. The molecular formula is C21H22F2N4O3. The Morgan fingerprint density at radius 2 is 1.73 bits per heavy atom. The molecule has 0 bridgehead atoms. The van der Waals surface area contributed by atoms with E-state index >= 15 is 0 Å². The van der Waals surface area contributed by atoms with Crippen LogP contribution in [0.4, 0.5) is 25.0 Å². The summed E-state index contributed by atoms with van der Waals surface area (Å²) >= 11 is 0. The summed E-state index contributed by atoms with van der Waals surface area (Å²) in [5.74, 6) is -2.88. The second kappa shape index (κ2) is 9.34. The van der Waals surface area contributed by atoms with Crippen molar-refractivity contribution in [2.24, 2.45) is 0 Å².